The second-order valence-electron chi connectivity index (χ2n) is 8.82. The summed E-state index contributed by atoms with van der Waals surface area (Å²) < 4.78 is 16.4. The Morgan fingerprint density at radius 2 is 1.85 bits per heavy atom. The summed E-state index contributed by atoms with van der Waals surface area (Å²) in [5.41, 5.74) is 0.927. The summed E-state index contributed by atoms with van der Waals surface area (Å²) in [7, 11) is 0. The van der Waals surface area contributed by atoms with Crippen molar-refractivity contribution < 1.29 is 23.5 Å². The minimum absolute atomic E-state index is 0.0460. The van der Waals surface area contributed by atoms with Crippen LogP contribution in [0.15, 0.2) is 41.0 Å². The molecule has 2 heterocycles. The van der Waals surface area contributed by atoms with Crippen LogP contribution in [-0.2, 0) is 22.7 Å². The van der Waals surface area contributed by atoms with Gasteiger partial charge in [0.25, 0.3) is 0 Å². The van der Waals surface area contributed by atoms with E-state index in [1.54, 1.807) is 16.1 Å². The molecule has 0 fully saturated rings. The average Bonchev–Trinajstić information content (AvgIpc) is 3.48. The SMILES string of the molecule is CCCCC(CC)C(=O)N(CC(=O)N(Cc1ccc2c(c1)OCO2)Cc1ccco1)C(C)C. The molecule has 1 unspecified atom stereocenters. The van der Waals surface area contributed by atoms with Crippen molar-refractivity contribution in [1.82, 2.24) is 9.80 Å². The summed E-state index contributed by atoms with van der Waals surface area (Å²) in [5.74, 6) is 1.98. The zero-order chi connectivity index (χ0) is 23.8. The predicted octanol–water partition coefficient (Wildman–Crippen LogP) is 4.99. The van der Waals surface area contributed by atoms with E-state index in [4.69, 9.17) is 13.9 Å². The lowest BCUT2D eigenvalue weighted by atomic mass is 9.97. The number of hydrogen-bond donors (Lipinski definition) is 0. The van der Waals surface area contributed by atoms with Gasteiger partial charge in [-0.3, -0.25) is 9.59 Å². The molecule has 0 aliphatic carbocycles. The van der Waals surface area contributed by atoms with Crippen molar-refractivity contribution in [1.29, 1.82) is 0 Å². The molecule has 7 heteroatoms. The van der Waals surface area contributed by atoms with Crippen molar-refractivity contribution in [3.05, 3.63) is 47.9 Å². The lowest BCUT2D eigenvalue weighted by molar-refractivity contribution is -0.145. The van der Waals surface area contributed by atoms with E-state index in [-0.39, 0.29) is 37.1 Å². The number of hydrogen-bond acceptors (Lipinski definition) is 5. The van der Waals surface area contributed by atoms with Crippen LogP contribution in [0.4, 0.5) is 0 Å². The smallest absolute Gasteiger partial charge is 0.242 e. The van der Waals surface area contributed by atoms with E-state index < -0.39 is 0 Å². The van der Waals surface area contributed by atoms with Crippen LogP contribution in [-0.4, -0.2) is 41.0 Å². The second-order valence-corrected chi connectivity index (χ2v) is 8.82. The molecule has 3 rings (SSSR count). The van der Waals surface area contributed by atoms with E-state index in [9.17, 15) is 9.59 Å². The van der Waals surface area contributed by atoms with Gasteiger partial charge in [-0.1, -0.05) is 32.8 Å². The van der Waals surface area contributed by atoms with Gasteiger partial charge in [-0.05, 0) is 56.5 Å². The average molecular weight is 457 g/mol. The van der Waals surface area contributed by atoms with Crippen LogP contribution < -0.4 is 9.47 Å². The summed E-state index contributed by atoms with van der Waals surface area (Å²) in [4.78, 5) is 30.2. The number of amides is 2. The van der Waals surface area contributed by atoms with Gasteiger partial charge in [0.2, 0.25) is 18.6 Å². The number of fused-ring (bicyclic) bond motifs is 1. The highest BCUT2D eigenvalue weighted by molar-refractivity contribution is 5.86. The van der Waals surface area contributed by atoms with Gasteiger partial charge in [0, 0.05) is 18.5 Å². The first kappa shape index (κ1) is 24.7. The molecule has 7 nitrogen and oxygen atoms in total. The molecular weight excluding hydrogens is 420 g/mol. The maximum absolute atomic E-state index is 13.5. The quantitative estimate of drug-likeness (QED) is 0.450. The van der Waals surface area contributed by atoms with Crippen LogP contribution in [0, 0.1) is 5.92 Å². The third kappa shape index (κ3) is 6.53. The molecular formula is C26H36N2O5. The molecule has 0 saturated carbocycles. The fourth-order valence-corrected chi connectivity index (χ4v) is 4.03. The molecule has 1 aromatic heterocycles. The van der Waals surface area contributed by atoms with Crippen molar-refractivity contribution in [3.8, 4) is 11.5 Å². The highest BCUT2D eigenvalue weighted by atomic mass is 16.7. The van der Waals surface area contributed by atoms with Crippen molar-refractivity contribution in [2.24, 2.45) is 5.92 Å². The van der Waals surface area contributed by atoms with Crippen LogP contribution in [0.3, 0.4) is 0 Å². The van der Waals surface area contributed by atoms with Crippen LogP contribution in [0.25, 0.3) is 0 Å². The molecule has 1 aliphatic heterocycles. The Labute approximate surface area is 196 Å². The number of benzene rings is 1. The molecule has 0 N–H and O–H groups in total. The van der Waals surface area contributed by atoms with Crippen molar-refractivity contribution >= 4 is 11.8 Å². The first-order valence-electron chi connectivity index (χ1n) is 11.9. The summed E-state index contributed by atoms with van der Waals surface area (Å²) in [5, 5.41) is 0. The molecule has 2 amide bonds. The summed E-state index contributed by atoms with van der Waals surface area (Å²) in [6.07, 6.45) is 5.30. The Kier molecular flexibility index (Phi) is 8.80. The fourth-order valence-electron chi connectivity index (χ4n) is 4.03. The minimum atomic E-state index is -0.114. The molecule has 0 spiro atoms. The van der Waals surface area contributed by atoms with E-state index in [1.165, 1.54) is 0 Å². The van der Waals surface area contributed by atoms with Gasteiger partial charge in [0.1, 0.15) is 12.3 Å². The lowest BCUT2D eigenvalue weighted by Crippen LogP contribution is -2.47. The summed E-state index contributed by atoms with van der Waals surface area (Å²) in [6.45, 7) is 9.06. The molecule has 1 atom stereocenters. The van der Waals surface area contributed by atoms with E-state index >= 15 is 0 Å². The van der Waals surface area contributed by atoms with Crippen molar-refractivity contribution in [2.75, 3.05) is 13.3 Å². The van der Waals surface area contributed by atoms with Crippen LogP contribution in [0.5, 0.6) is 11.5 Å². The maximum Gasteiger partial charge on any atom is 0.242 e. The van der Waals surface area contributed by atoms with Gasteiger partial charge in [-0.25, -0.2) is 0 Å². The van der Waals surface area contributed by atoms with Gasteiger partial charge < -0.3 is 23.7 Å². The van der Waals surface area contributed by atoms with Crippen molar-refractivity contribution in [2.45, 2.75) is 72.5 Å². The van der Waals surface area contributed by atoms with Gasteiger partial charge in [-0.15, -0.1) is 0 Å². The monoisotopic (exact) mass is 456 g/mol. The van der Waals surface area contributed by atoms with E-state index in [2.05, 4.69) is 6.92 Å². The first-order valence-corrected chi connectivity index (χ1v) is 11.9. The largest absolute Gasteiger partial charge is 0.467 e. The fraction of sp³-hybridized carbons (Fsp3) is 0.538. The van der Waals surface area contributed by atoms with Crippen molar-refractivity contribution in [3.63, 3.8) is 0 Å². The second kappa shape index (κ2) is 11.8. The Morgan fingerprint density at radius 3 is 2.52 bits per heavy atom. The number of ether oxygens (including phenoxy) is 2. The molecule has 1 aromatic carbocycles. The lowest BCUT2D eigenvalue weighted by Gasteiger charge is -2.32. The standard InChI is InChI=1S/C26H36N2O5/c1-5-7-9-21(6-2)26(30)28(19(3)4)17-25(29)27(16-22-10-8-13-31-22)15-20-11-12-23-24(14-20)33-18-32-23/h8,10-14,19,21H,5-7,9,15-18H2,1-4H3. The Balaban J connectivity index is 1.76. The molecule has 33 heavy (non-hydrogen) atoms. The van der Waals surface area contributed by atoms with E-state index in [0.29, 0.717) is 30.3 Å². The minimum Gasteiger partial charge on any atom is -0.467 e. The topological polar surface area (TPSA) is 72.2 Å². The number of nitrogens with zero attached hydrogens (tertiary/aromatic N) is 2. The number of carbonyl (C=O) groups is 2. The van der Waals surface area contributed by atoms with Gasteiger partial charge in [-0.2, -0.15) is 0 Å². The van der Waals surface area contributed by atoms with Gasteiger partial charge >= 0.3 is 0 Å². The number of carbonyl (C=O) groups excluding carboxylic acids is 2. The third-order valence-corrected chi connectivity index (χ3v) is 6.05. The summed E-state index contributed by atoms with van der Waals surface area (Å²) >= 11 is 0. The molecule has 0 radical (unpaired) electrons. The number of unbranched alkanes of at least 4 members (excludes halogenated alkanes) is 1. The zero-order valence-corrected chi connectivity index (χ0v) is 20.2. The number of furan rings is 1. The van der Waals surface area contributed by atoms with E-state index in [1.807, 2.05) is 51.1 Å². The predicted molar refractivity (Wildman–Crippen MR) is 126 cm³/mol. The number of rotatable bonds is 12. The summed E-state index contributed by atoms with van der Waals surface area (Å²) in [6, 6.07) is 9.28. The Bertz CT molecular complexity index is 909. The van der Waals surface area contributed by atoms with Crippen LogP contribution >= 0.6 is 0 Å². The van der Waals surface area contributed by atoms with E-state index in [0.717, 1.165) is 31.2 Å². The highest BCUT2D eigenvalue weighted by Crippen LogP contribution is 2.33. The normalized spacial score (nSPS) is 13.2. The molecule has 1 aliphatic rings. The van der Waals surface area contributed by atoms with Gasteiger partial charge in [0.05, 0.1) is 12.8 Å². The molecule has 0 saturated heterocycles. The Hall–Kier alpha value is -2.96. The third-order valence-electron chi connectivity index (χ3n) is 6.05. The molecule has 2 aromatic rings. The maximum atomic E-state index is 13.5. The zero-order valence-electron chi connectivity index (χ0n) is 20.2. The van der Waals surface area contributed by atoms with Gasteiger partial charge in [0.15, 0.2) is 11.5 Å². The van der Waals surface area contributed by atoms with Crippen LogP contribution in [0.1, 0.15) is 64.7 Å². The molecule has 0 bridgehead atoms. The van der Waals surface area contributed by atoms with Crippen LogP contribution in [0.2, 0.25) is 0 Å². The Morgan fingerprint density at radius 1 is 1.06 bits per heavy atom. The highest BCUT2D eigenvalue weighted by Gasteiger charge is 2.28. The first-order chi connectivity index (χ1) is 15.9. The molecule has 180 valence electrons.